The number of phenols is 1. The number of benzene rings is 2. The lowest BCUT2D eigenvalue weighted by molar-refractivity contribution is 0.0985. The van der Waals surface area contributed by atoms with Crippen molar-refractivity contribution in [2.24, 2.45) is 0 Å². The minimum absolute atomic E-state index is 0.0197. The molecular weight excluding hydrogens is 306 g/mol. The summed E-state index contributed by atoms with van der Waals surface area (Å²) in [5.41, 5.74) is 1.12. The van der Waals surface area contributed by atoms with E-state index in [9.17, 15) is 9.90 Å². The van der Waals surface area contributed by atoms with E-state index < -0.39 is 0 Å². The fourth-order valence-electron chi connectivity index (χ4n) is 1.88. The average Bonchev–Trinajstić information content (AvgIpc) is 2.40. The van der Waals surface area contributed by atoms with E-state index in [1.54, 1.807) is 17.0 Å². The summed E-state index contributed by atoms with van der Waals surface area (Å²) in [6.07, 6.45) is 0. The summed E-state index contributed by atoms with van der Waals surface area (Å²) in [4.78, 5) is 14.1. The highest BCUT2D eigenvalue weighted by Crippen LogP contribution is 2.25. The maximum Gasteiger partial charge on any atom is 0.262 e. The number of anilines is 1. The lowest BCUT2D eigenvalue weighted by Gasteiger charge is -2.21. The van der Waals surface area contributed by atoms with E-state index in [0.717, 1.165) is 10.2 Å². The van der Waals surface area contributed by atoms with Gasteiger partial charge in [-0.2, -0.15) is 0 Å². The first-order valence-corrected chi connectivity index (χ1v) is 6.78. The van der Waals surface area contributed by atoms with Crippen molar-refractivity contribution in [1.82, 2.24) is 0 Å². The summed E-state index contributed by atoms with van der Waals surface area (Å²) in [5, 5.41) is 9.88. The zero-order chi connectivity index (χ0) is 13.8. The van der Waals surface area contributed by atoms with Gasteiger partial charge in [-0.05, 0) is 37.3 Å². The number of hydrogen-bond donors (Lipinski definition) is 1. The Morgan fingerprint density at radius 2 is 1.89 bits per heavy atom. The van der Waals surface area contributed by atoms with Gasteiger partial charge in [0.2, 0.25) is 0 Å². The molecule has 1 N–H and O–H groups in total. The third-order valence-electron chi connectivity index (χ3n) is 2.82. The third-order valence-corrected chi connectivity index (χ3v) is 3.31. The maximum absolute atomic E-state index is 12.5. The number of amides is 1. The highest BCUT2D eigenvalue weighted by atomic mass is 79.9. The molecule has 0 heterocycles. The number of phenolic OH excluding ortho intramolecular Hbond substituents is 1. The monoisotopic (exact) mass is 319 g/mol. The smallest absolute Gasteiger partial charge is 0.262 e. The normalized spacial score (nSPS) is 10.2. The third kappa shape index (κ3) is 2.96. The van der Waals surface area contributed by atoms with Crippen molar-refractivity contribution in [1.29, 1.82) is 0 Å². The van der Waals surface area contributed by atoms with Gasteiger partial charge in [-0.3, -0.25) is 4.79 Å². The quantitative estimate of drug-likeness (QED) is 0.934. The SMILES string of the molecule is CCN(C(=O)c1ccc(Br)cc1O)c1ccccc1. The van der Waals surface area contributed by atoms with E-state index in [0.29, 0.717) is 12.1 Å². The largest absolute Gasteiger partial charge is 0.507 e. The van der Waals surface area contributed by atoms with Crippen molar-refractivity contribution in [3.05, 3.63) is 58.6 Å². The zero-order valence-corrected chi connectivity index (χ0v) is 12.1. The second-order valence-electron chi connectivity index (χ2n) is 4.05. The van der Waals surface area contributed by atoms with E-state index in [4.69, 9.17) is 0 Å². The van der Waals surface area contributed by atoms with Gasteiger partial charge >= 0.3 is 0 Å². The Morgan fingerprint density at radius 1 is 1.21 bits per heavy atom. The Morgan fingerprint density at radius 3 is 2.47 bits per heavy atom. The first-order chi connectivity index (χ1) is 9.13. The van der Waals surface area contributed by atoms with Crippen LogP contribution in [-0.2, 0) is 0 Å². The van der Waals surface area contributed by atoms with Gasteiger partial charge in [0.05, 0.1) is 5.56 Å². The van der Waals surface area contributed by atoms with Gasteiger partial charge < -0.3 is 10.0 Å². The number of para-hydroxylation sites is 1. The van der Waals surface area contributed by atoms with Gasteiger partial charge in [0.25, 0.3) is 5.91 Å². The summed E-state index contributed by atoms with van der Waals surface area (Å²) >= 11 is 3.26. The Labute approximate surface area is 120 Å². The second kappa shape index (κ2) is 5.89. The molecule has 98 valence electrons. The van der Waals surface area contributed by atoms with Crippen LogP contribution in [0.5, 0.6) is 5.75 Å². The standard InChI is InChI=1S/C15H14BrNO2/c1-2-17(12-6-4-3-5-7-12)15(19)13-9-8-11(16)10-14(13)18/h3-10,18H,2H2,1H3. The minimum Gasteiger partial charge on any atom is -0.507 e. The van der Waals surface area contributed by atoms with Gasteiger partial charge in [-0.1, -0.05) is 34.1 Å². The summed E-state index contributed by atoms with van der Waals surface area (Å²) < 4.78 is 0.740. The van der Waals surface area contributed by atoms with Crippen molar-refractivity contribution >= 4 is 27.5 Å². The molecule has 2 aromatic rings. The van der Waals surface area contributed by atoms with Crippen LogP contribution in [0.3, 0.4) is 0 Å². The van der Waals surface area contributed by atoms with Crippen LogP contribution >= 0.6 is 15.9 Å². The first kappa shape index (κ1) is 13.6. The average molecular weight is 320 g/mol. The molecule has 0 saturated heterocycles. The van der Waals surface area contributed by atoms with Crippen molar-refractivity contribution in [2.45, 2.75) is 6.92 Å². The van der Waals surface area contributed by atoms with Crippen LogP contribution in [0.4, 0.5) is 5.69 Å². The summed E-state index contributed by atoms with van der Waals surface area (Å²) in [6.45, 7) is 2.44. The molecule has 0 bridgehead atoms. The molecule has 0 aromatic heterocycles. The van der Waals surface area contributed by atoms with Crippen LogP contribution in [0, 0.1) is 0 Å². The molecule has 0 spiro atoms. The van der Waals surface area contributed by atoms with Crippen LogP contribution < -0.4 is 4.90 Å². The number of nitrogens with zero attached hydrogens (tertiary/aromatic N) is 1. The molecule has 2 aromatic carbocycles. The topological polar surface area (TPSA) is 40.5 Å². The molecule has 3 nitrogen and oxygen atoms in total. The predicted octanol–water partition coefficient (Wildman–Crippen LogP) is 3.82. The molecule has 0 aliphatic rings. The molecule has 4 heteroatoms. The molecule has 0 aliphatic heterocycles. The molecule has 1 amide bonds. The van der Waals surface area contributed by atoms with E-state index in [-0.39, 0.29) is 11.7 Å². The number of rotatable bonds is 3. The van der Waals surface area contributed by atoms with Crippen LogP contribution in [0.2, 0.25) is 0 Å². The van der Waals surface area contributed by atoms with Crippen LogP contribution in [0.15, 0.2) is 53.0 Å². The first-order valence-electron chi connectivity index (χ1n) is 5.99. The van der Waals surface area contributed by atoms with Gasteiger partial charge in [-0.25, -0.2) is 0 Å². The Balaban J connectivity index is 2.36. The summed E-state index contributed by atoms with van der Waals surface area (Å²) in [5.74, 6) is -0.229. The number of carbonyl (C=O) groups excluding carboxylic acids is 1. The van der Waals surface area contributed by atoms with Crippen LogP contribution in [0.1, 0.15) is 17.3 Å². The van der Waals surface area contributed by atoms with Gasteiger partial charge in [0, 0.05) is 16.7 Å². The molecule has 0 radical (unpaired) electrons. The van der Waals surface area contributed by atoms with E-state index in [1.165, 1.54) is 6.07 Å². The molecular formula is C15H14BrNO2. The minimum atomic E-state index is -0.210. The lowest BCUT2D eigenvalue weighted by atomic mass is 10.1. The fraction of sp³-hybridized carbons (Fsp3) is 0.133. The number of carbonyl (C=O) groups is 1. The zero-order valence-electron chi connectivity index (χ0n) is 10.5. The molecule has 0 unspecified atom stereocenters. The Bertz CT molecular complexity index is 584. The highest BCUT2D eigenvalue weighted by molar-refractivity contribution is 9.10. The molecule has 19 heavy (non-hydrogen) atoms. The van der Waals surface area contributed by atoms with Crippen LogP contribution in [0.25, 0.3) is 0 Å². The van der Waals surface area contributed by atoms with Crippen molar-refractivity contribution in [3.63, 3.8) is 0 Å². The van der Waals surface area contributed by atoms with E-state index in [2.05, 4.69) is 15.9 Å². The van der Waals surface area contributed by atoms with Gasteiger partial charge in [-0.15, -0.1) is 0 Å². The Kier molecular flexibility index (Phi) is 4.22. The van der Waals surface area contributed by atoms with Gasteiger partial charge in [0.15, 0.2) is 0 Å². The Hall–Kier alpha value is -1.81. The van der Waals surface area contributed by atoms with E-state index >= 15 is 0 Å². The highest BCUT2D eigenvalue weighted by Gasteiger charge is 2.19. The molecule has 2 rings (SSSR count). The lowest BCUT2D eigenvalue weighted by Crippen LogP contribution is -2.30. The van der Waals surface area contributed by atoms with Crippen molar-refractivity contribution < 1.29 is 9.90 Å². The summed E-state index contributed by atoms with van der Waals surface area (Å²) in [6, 6.07) is 14.3. The number of aromatic hydroxyl groups is 1. The number of halogens is 1. The maximum atomic E-state index is 12.5. The predicted molar refractivity (Wildman–Crippen MR) is 79.6 cm³/mol. The van der Waals surface area contributed by atoms with Crippen LogP contribution in [-0.4, -0.2) is 17.6 Å². The fourth-order valence-corrected chi connectivity index (χ4v) is 2.23. The molecule has 0 atom stereocenters. The summed E-state index contributed by atoms with van der Waals surface area (Å²) in [7, 11) is 0. The molecule has 0 fully saturated rings. The molecule has 0 aliphatic carbocycles. The number of hydrogen-bond acceptors (Lipinski definition) is 2. The molecule has 0 saturated carbocycles. The van der Waals surface area contributed by atoms with Crippen molar-refractivity contribution in [2.75, 3.05) is 11.4 Å². The van der Waals surface area contributed by atoms with Gasteiger partial charge in [0.1, 0.15) is 5.75 Å². The second-order valence-corrected chi connectivity index (χ2v) is 4.96. The van der Waals surface area contributed by atoms with Crippen molar-refractivity contribution in [3.8, 4) is 5.75 Å². The van der Waals surface area contributed by atoms with E-state index in [1.807, 2.05) is 37.3 Å².